The molecule has 0 radical (unpaired) electrons. The topological polar surface area (TPSA) is 38.1 Å². The van der Waals surface area contributed by atoms with Crippen molar-refractivity contribution in [2.75, 3.05) is 6.54 Å². The zero-order valence-electron chi connectivity index (χ0n) is 10.4. The first-order chi connectivity index (χ1) is 7.74. The molecular weight excluding hydrogens is 200 g/mol. The smallest absolute Gasteiger partial charge is 0.208 e. The Bertz CT molecular complexity index is 326. The number of hydrogen-bond acceptors (Lipinski definition) is 3. The minimum atomic E-state index is 0.232. The van der Waals surface area contributed by atoms with Crippen LogP contribution in [0.2, 0.25) is 0 Å². The maximum Gasteiger partial charge on any atom is 0.208 e. The van der Waals surface area contributed by atoms with E-state index in [1.165, 1.54) is 32.1 Å². The molecule has 90 valence electrons. The molecule has 2 rings (SSSR count). The largest absolute Gasteiger partial charge is 0.444 e. The number of nitrogens with one attached hydrogen (secondary N) is 1. The second-order valence-electron chi connectivity index (χ2n) is 5.02. The first-order valence-corrected chi connectivity index (χ1v) is 6.40. The van der Waals surface area contributed by atoms with Crippen molar-refractivity contribution in [3.8, 4) is 0 Å². The highest BCUT2D eigenvalue weighted by molar-refractivity contribution is 5.10. The van der Waals surface area contributed by atoms with Crippen LogP contribution in [0.5, 0.6) is 0 Å². The van der Waals surface area contributed by atoms with E-state index in [0.717, 1.165) is 24.7 Å². The summed E-state index contributed by atoms with van der Waals surface area (Å²) in [6, 6.07) is 0. The molecule has 1 fully saturated rings. The van der Waals surface area contributed by atoms with E-state index >= 15 is 0 Å². The normalized spacial score (nSPS) is 19.9. The Morgan fingerprint density at radius 1 is 1.38 bits per heavy atom. The molecule has 1 aliphatic rings. The van der Waals surface area contributed by atoms with Gasteiger partial charge in [-0.2, -0.15) is 0 Å². The molecule has 1 saturated carbocycles. The van der Waals surface area contributed by atoms with Crippen molar-refractivity contribution in [2.24, 2.45) is 0 Å². The number of rotatable bonds is 4. The van der Waals surface area contributed by atoms with Crippen LogP contribution in [-0.2, 0) is 12.0 Å². The summed E-state index contributed by atoms with van der Waals surface area (Å²) in [5.41, 5.74) is 0.232. The Labute approximate surface area is 97.6 Å². The lowest BCUT2D eigenvalue weighted by Gasteiger charge is -2.30. The molecule has 1 aliphatic carbocycles. The third kappa shape index (κ3) is 2.46. The van der Waals surface area contributed by atoms with Crippen LogP contribution >= 0.6 is 0 Å². The molecule has 0 aliphatic heterocycles. The molecule has 1 N–H and O–H groups in total. The van der Waals surface area contributed by atoms with E-state index in [-0.39, 0.29) is 5.41 Å². The van der Waals surface area contributed by atoms with Crippen molar-refractivity contribution in [2.45, 2.75) is 57.9 Å². The highest BCUT2D eigenvalue weighted by Gasteiger charge is 2.32. The van der Waals surface area contributed by atoms with E-state index in [1.54, 1.807) is 0 Å². The predicted octanol–water partition coefficient (Wildman–Crippen LogP) is 3.01. The molecule has 3 heteroatoms. The molecule has 16 heavy (non-hydrogen) atoms. The van der Waals surface area contributed by atoms with Crippen molar-refractivity contribution in [3.63, 3.8) is 0 Å². The first-order valence-electron chi connectivity index (χ1n) is 6.40. The first kappa shape index (κ1) is 11.6. The van der Waals surface area contributed by atoms with Crippen LogP contribution in [0, 0.1) is 0 Å². The van der Waals surface area contributed by atoms with Crippen LogP contribution in [0.4, 0.5) is 0 Å². The Morgan fingerprint density at radius 2 is 2.12 bits per heavy atom. The molecule has 1 aromatic heterocycles. The Morgan fingerprint density at radius 3 is 2.81 bits per heavy atom. The number of hydrogen-bond donors (Lipinski definition) is 1. The third-order valence-electron chi connectivity index (χ3n) is 3.63. The molecular formula is C13H22N2O. The molecule has 1 aromatic rings. The number of nitrogens with zero attached hydrogens (tertiary/aromatic N) is 1. The van der Waals surface area contributed by atoms with Gasteiger partial charge in [-0.3, -0.25) is 0 Å². The molecule has 0 spiro atoms. The van der Waals surface area contributed by atoms with E-state index < -0.39 is 0 Å². The van der Waals surface area contributed by atoms with Crippen LogP contribution in [0.3, 0.4) is 0 Å². The fourth-order valence-electron chi connectivity index (χ4n) is 2.48. The summed E-state index contributed by atoms with van der Waals surface area (Å²) in [6.45, 7) is 6.09. The van der Waals surface area contributed by atoms with Crippen molar-refractivity contribution >= 4 is 0 Å². The number of aromatic nitrogens is 1. The van der Waals surface area contributed by atoms with Crippen molar-refractivity contribution in [1.29, 1.82) is 0 Å². The monoisotopic (exact) mass is 222 g/mol. The SMILES string of the molecule is CCNCc1ncc(C2(C)CCCCC2)o1. The molecule has 3 nitrogen and oxygen atoms in total. The zero-order chi connectivity index (χ0) is 11.4. The fraction of sp³-hybridized carbons (Fsp3) is 0.769. The van der Waals surface area contributed by atoms with Crippen molar-refractivity contribution in [3.05, 3.63) is 17.8 Å². The zero-order valence-corrected chi connectivity index (χ0v) is 10.4. The van der Waals surface area contributed by atoms with Gasteiger partial charge in [0.1, 0.15) is 5.76 Å². The van der Waals surface area contributed by atoms with E-state index in [9.17, 15) is 0 Å². The summed E-state index contributed by atoms with van der Waals surface area (Å²) in [5.74, 6) is 1.91. The molecule has 0 aromatic carbocycles. The van der Waals surface area contributed by atoms with Gasteiger partial charge in [-0.15, -0.1) is 0 Å². The molecule has 1 heterocycles. The van der Waals surface area contributed by atoms with E-state index in [4.69, 9.17) is 4.42 Å². The lowest BCUT2D eigenvalue weighted by atomic mass is 9.74. The summed E-state index contributed by atoms with van der Waals surface area (Å²) in [5, 5.41) is 3.24. The molecule has 0 unspecified atom stereocenters. The third-order valence-corrected chi connectivity index (χ3v) is 3.63. The van der Waals surface area contributed by atoms with Gasteiger partial charge in [0.15, 0.2) is 0 Å². The van der Waals surface area contributed by atoms with Crippen molar-refractivity contribution in [1.82, 2.24) is 10.3 Å². The average Bonchev–Trinajstić information content (AvgIpc) is 2.77. The Hall–Kier alpha value is -0.830. The van der Waals surface area contributed by atoms with E-state index in [0.29, 0.717) is 0 Å². The quantitative estimate of drug-likeness (QED) is 0.851. The average molecular weight is 222 g/mol. The van der Waals surface area contributed by atoms with Gasteiger partial charge in [0, 0.05) is 5.41 Å². The van der Waals surface area contributed by atoms with Crippen LogP contribution in [0.15, 0.2) is 10.6 Å². The van der Waals surface area contributed by atoms with Gasteiger partial charge < -0.3 is 9.73 Å². The summed E-state index contributed by atoms with van der Waals surface area (Å²) in [7, 11) is 0. The molecule has 0 atom stereocenters. The maximum absolute atomic E-state index is 5.85. The number of oxazole rings is 1. The van der Waals surface area contributed by atoms with Gasteiger partial charge >= 0.3 is 0 Å². The van der Waals surface area contributed by atoms with Crippen LogP contribution in [0.25, 0.3) is 0 Å². The van der Waals surface area contributed by atoms with Crippen LogP contribution in [-0.4, -0.2) is 11.5 Å². The van der Waals surface area contributed by atoms with Gasteiger partial charge in [-0.1, -0.05) is 33.1 Å². The van der Waals surface area contributed by atoms with Gasteiger partial charge in [0.25, 0.3) is 0 Å². The Kier molecular flexibility index (Phi) is 3.64. The van der Waals surface area contributed by atoms with Crippen molar-refractivity contribution < 1.29 is 4.42 Å². The maximum atomic E-state index is 5.85. The molecule has 0 saturated heterocycles. The summed E-state index contributed by atoms with van der Waals surface area (Å²) in [6.07, 6.45) is 8.41. The minimum Gasteiger partial charge on any atom is -0.444 e. The standard InChI is InChI=1S/C13H22N2O/c1-3-14-10-12-15-9-11(16-12)13(2)7-5-4-6-8-13/h9,14H,3-8,10H2,1-2H3. The van der Waals surface area contributed by atoms with Gasteiger partial charge in [-0.05, 0) is 19.4 Å². The molecule has 0 bridgehead atoms. The van der Waals surface area contributed by atoms with Gasteiger partial charge in [0.2, 0.25) is 5.89 Å². The second kappa shape index (κ2) is 5.00. The van der Waals surface area contributed by atoms with Crippen LogP contribution < -0.4 is 5.32 Å². The predicted molar refractivity (Wildman–Crippen MR) is 64.3 cm³/mol. The van der Waals surface area contributed by atoms with E-state index in [2.05, 4.69) is 24.1 Å². The lowest BCUT2D eigenvalue weighted by Crippen LogP contribution is -2.24. The van der Waals surface area contributed by atoms with Gasteiger partial charge in [0.05, 0.1) is 12.7 Å². The minimum absolute atomic E-state index is 0.232. The summed E-state index contributed by atoms with van der Waals surface area (Å²) < 4.78 is 5.85. The lowest BCUT2D eigenvalue weighted by molar-refractivity contribution is 0.259. The summed E-state index contributed by atoms with van der Waals surface area (Å²) in [4.78, 5) is 4.34. The highest BCUT2D eigenvalue weighted by Crippen LogP contribution is 2.39. The Balaban J connectivity index is 2.05. The molecule has 0 amide bonds. The fourth-order valence-corrected chi connectivity index (χ4v) is 2.48. The van der Waals surface area contributed by atoms with Gasteiger partial charge in [-0.25, -0.2) is 4.98 Å². The van der Waals surface area contributed by atoms with Crippen LogP contribution in [0.1, 0.15) is 57.6 Å². The second-order valence-corrected chi connectivity index (χ2v) is 5.02. The summed E-state index contributed by atoms with van der Waals surface area (Å²) >= 11 is 0. The van der Waals surface area contributed by atoms with E-state index in [1.807, 2.05) is 6.20 Å². The highest BCUT2D eigenvalue weighted by atomic mass is 16.4.